The summed E-state index contributed by atoms with van der Waals surface area (Å²) in [7, 11) is 0. The first-order chi connectivity index (χ1) is 14.0. The molecule has 1 aromatic heterocycles. The minimum Gasteiger partial charge on any atom is -0.452 e. The van der Waals surface area contributed by atoms with Crippen LogP contribution >= 0.6 is 0 Å². The summed E-state index contributed by atoms with van der Waals surface area (Å²) < 4.78 is 9.73. The summed E-state index contributed by atoms with van der Waals surface area (Å²) in [5, 5.41) is 13.2. The Bertz CT molecular complexity index is 897. The maximum Gasteiger partial charge on any atom is 0.433 e. The minimum absolute atomic E-state index is 0.131. The molecule has 0 saturated carbocycles. The van der Waals surface area contributed by atoms with Gasteiger partial charge in [0.15, 0.2) is 6.61 Å². The van der Waals surface area contributed by atoms with E-state index in [2.05, 4.69) is 10.2 Å². The predicted molar refractivity (Wildman–Crippen MR) is 106 cm³/mol. The van der Waals surface area contributed by atoms with Crippen LogP contribution < -0.4 is 10.2 Å². The first-order valence-electron chi connectivity index (χ1n) is 9.25. The van der Waals surface area contributed by atoms with Crippen LogP contribution in [0.4, 0.5) is 17.3 Å². The van der Waals surface area contributed by atoms with Crippen LogP contribution in [-0.4, -0.2) is 36.5 Å². The van der Waals surface area contributed by atoms with Crippen molar-refractivity contribution in [3.05, 3.63) is 58.3 Å². The van der Waals surface area contributed by atoms with Crippen LogP contribution in [-0.2, 0) is 14.3 Å². The second-order valence-corrected chi connectivity index (χ2v) is 6.52. The molecule has 29 heavy (non-hydrogen) atoms. The number of anilines is 2. The largest absolute Gasteiger partial charge is 0.452 e. The highest BCUT2D eigenvalue weighted by atomic mass is 16.6. The summed E-state index contributed by atoms with van der Waals surface area (Å²) in [6, 6.07) is 10.1. The molecule has 0 bridgehead atoms. The number of rotatable bonds is 7. The van der Waals surface area contributed by atoms with E-state index in [1.54, 1.807) is 0 Å². The summed E-state index contributed by atoms with van der Waals surface area (Å²) in [5.74, 6) is -1.53. The molecule has 0 radical (unpaired) electrons. The third-order valence-electron chi connectivity index (χ3n) is 4.39. The number of furan rings is 1. The predicted octanol–water partition coefficient (Wildman–Crippen LogP) is 3.37. The number of ether oxygens (including phenoxy) is 1. The number of nitro groups is 1. The van der Waals surface area contributed by atoms with Gasteiger partial charge in [0.1, 0.15) is 10.7 Å². The van der Waals surface area contributed by atoms with Crippen molar-refractivity contribution < 1.29 is 23.7 Å². The van der Waals surface area contributed by atoms with E-state index < -0.39 is 29.3 Å². The number of esters is 1. The van der Waals surface area contributed by atoms with Crippen LogP contribution in [0.5, 0.6) is 0 Å². The van der Waals surface area contributed by atoms with Crippen molar-refractivity contribution in [3.63, 3.8) is 0 Å². The lowest BCUT2D eigenvalue weighted by atomic mass is 10.1. The molecule has 152 valence electrons. The Labute approximate surface area is 167 Å². The number of nitrogens with one attached hydrogen (secondary N) is 1. The molecule has 1 amide bonds. The molecule has 1 N–H and O–H groups in total. The molecule has 9 heteroatoms. The third-order valence-corrected chi connectivity index (χ3v) is 4.39. The number of carbonyl (C=O) groups is 2. The smallest absolute Gasteiger partial charge is 0.433 e. The average Bonchev–Trinajstić information content (AvgIpc) is 3.21. The van der Waals surface area contributed by atoms with E-state index in [0.29, 0.717) is 5.69 Å². The van der Waals surface area contributed by atoms with E-state index in [1.165, 1.54) is 37.5 Å². The molecule has 1 aliphatic heterocycles. The molecular weight excluding hydrogens is 378 g/mol. The van der Waals surface area contributed by atoms with E-state index in [0.717, 1.165) is 24.9 Å². The molecule has 3 rings (SSSR count). The van der Waals surface area contributed by atoms with Gasteiger partial charge in [0.2, 0.25) is 0 Å². The molecule has 2 aromatic rings. The highest BCUT2D eigenvalue weighted by molar-refractivity contribution is 5.94. The van der Waals surface area contributed by atoms with Crippen LogP contribution in [0.25, 0.3) is 6.08 Å². The first kappa shape index (κ1) is 20.1. The summed E-state index contributed by atoms with van der Waals surface area (Å²) >= 11 is 0. The van der Waals surface area contributed by atoms with Gasteiger partial charge in [0.05, 0.1) is 6.07 Å². The Hall–Kier alpha value is -3.62. The molecule has 1 aromatic carbocycles. The van der Waals surface area contributed by atoms with Gasteiger partial charge < -0.3 is 19.4 Å². The third kappa shape index (κ3) is 5.93. The topological polar surface area (TPSA) is 115 Å². The van der Waals surface area contributed by atoms with E-state index in [9.17, 15) is 19.7 Å². The van der Waals surface area contributed by atoms with Gasteiger partial charge in [0.25, 0.3) is 5.91 Å². The normalized spacial score (nSPS) is 14.0. The minimum atomic E-state index is -0.764. The Kier molecular flexibility index (Phi) is 6.62. The molecule has 0 atom stereocenters. The number of amides is 1. The number of benzene rings is 1. The van der Waals surface area contributed by atoms with Gasteiger partial charge in [-0.25, -0.2) is 4.79 Å². The lowest BCUT2D eigenvalue weighted by Gasteiger charge is -2.28. The summed E-state index contributed by atoms with van der Waals surface area (Å²) in [4.78, 5) is 35.8. The molecule has 1 saturated heterocycles. The molecule has 0 spiro atoms. The monoisotopic (exact) mass is 399 g/mol. The summed E-state index contributed by atoms with van der Waals surface area (Å²) in [5.41, 5.74) is 1.74. The van der Waals surface area contributed by atoms with Gasteiger partial charge in [-0.3, -0.25) is 14.9 Å². The summed E-state index contributed by atoms with van der Waals surface area (Å²) in [6.07, 6.45) is 5.90. The van der Waals surface area contributed by atoms with Crippen molar-refractivity contribution in [2.24, 2.45) is 0 Å². The molecule has 0 aliphatic carbocycles. The molecule has 1 aliphatic rings. The van der Waals surface area contributed by atoms with Crippen LogP contribution in [0.2, 0.25) is 0 Å². The number of hydrogen-bond donors (Lipinski definition) is 1. The van der Waals surface area contributed by atoms with Gasteiger partial charge in [0, 0.05) is 30.5 Å². The summed E-state index contributed by atoms with van der Waals surface area (Å²) in [6.45, 7) is 1.64. The van der Waals surface area contributed by atoms with Crippen molar-refractivity contribution >= 4 is 35.2 Å². The van der Waals surface area contributed by atoms with Crippen molar-refractivity contribution in [1.29, 1.82) is 0 Å². The molecule has 1 fully saturated rings. The number of carbonyl (C=O) groups excluding carboxylic acids is 2. The van der Waals surface area contributed by atoms with Gasteiger partial charge in [-0.2, -0.15) is 0 Å². The number of piperidine rings is 1. The zero-order chi connectivity index (χ0) is 20.6. The first-order valence-corrected chi connectivity index (χ1v) is 9.25. The van der Waals surface area contributed by atoms with Gasteiger partial charge >= 0.3 is 11.9 Å². The lowest BCUT2D eigenvalue weighted by molar-refractivity contribution is -0.402. The quantitative estimate of drug-likeness (QED) is 0.328. The Balaban J connectivity index is 1.43. The highest BCUT2D eigenvalue weighted by Crippen LogP contribution is 2.21. The van der Waals surface area contributed by atoms with Crippen molar-refractivity contribution in [3.8, 4) is 0 Å². The highest BCUT2D eigenvalue weighted by Gasteiger charge is 2.12. The maximum atomic E-state index is 11.9. The van der Waals surface area contributed by atoms with Crippen LogP contribution in [0.3, 0.4) is 0 Å². The fourth-order valence-electron chi connectivity index (χ4n) is 2.97. The van der Waals surface area contributed by atoms with Crippen molar-refractivity contribution in [2.75, 3.05) is 29.9 Å². The number of nitrogens with zero attached hydrogens (tertiary/aromatic N) is 2. The van der Waals surface area contributed by atoms with Crippen molar-refractivity contribution in [2.45, 2.75) is 19.3 Å². The van der Waals surface area contributed by atoms with E-state index in [4.69, 9.17) is 9.15 Å². The Morgan fingerprint density at radius 2 is 1.86 bits per heavy atom. The fourth-order valence-corrected chi connectivity index (χ4v) is 2.97. The van der Waals surface area contributed by atoms with E-state index in [1.807, 2.05) is 24.3 Å². The SMILES string of the molecule is O=C(COC(=O)/C=C/c1ccc([N+](=O)[O-])o1)Nc1ccc(N2CCCCC2)cc1. The van der Waals surface area contributed by atoms with Crippen LogP contribution in [0.15, 0.2) is 46.9 Å². The van der Waals surface area contributed by atoms with Gasteiger partial charge in [-0.15, -0.1) is 0 Å². The zero-order valence-electron chi connectivity index (χ0n) is 15.7. The van der Waals surface area contributed by atoms with Crippen LogP contribution in [0, 0.1) is 10.1 Å². The lowest BCUT2D eigenvalue weighted by Crippen LogP contribution is -2.29. The van der Waals surface area contributed by atoms with Gasteiger partial charge in [-0.05, 0) is 55.7 Å². The van der Waals surface area contributed by atoms with E-state index in [-0.39, 0.29) is 5.76 Å². The van der Waals surface area contributed by atoms with Crippen molar-refractivity contribution in [1.82, 2.24) is 0 Å². The standard InChI is InChI=1S/C20H21N3O6/c24-18(14-28-20(25)11-9-17-8-10-19(29-17)23(26)27)21-15-4-6-16(7-5-15)22-12-2-1-3-13-22/h4-11H,1-3,12-14H2,(H,21,24)/b11-9+. The zero-order valence-corrected chi connectivity index (χ0v) is 15.7. The molecule has 0 unspecified atom stereocenters. The van der Waals surface area contributed by atoms with Gasteiger partial charge in [-0.1, -0.05) is 0 Å². The van der Waals surface area contributed by atoms with E-state index >= 15 is 0 Å². The maximum absolute atomic E-state index is 11.9. The average molecular weight is 399 g/mol. The van der Waals surface area contributed by atoms with Crippen LogP contribution in [0.1, 0.15) is 25.0 Å². The molecular formula is C20H21N3O6. The Morgan fingerprint density at radius 1 is 1.14 bits per heavy atom. The fraction of sp³-hybridized carbons (Fsp3) is 0.300. The molecule has 9 nitrogen and oxygen atoms in total. The molecule has 2 heterocycles. The Morgan fingerprint density at radius 3 is 2.52 bits per heavy atom. The second-order valence-electron chi connectivity index (χ2n) is 6.52. The second kappa shape index (κ2) is 9.54. The number of hydrogen-bond acceptors (Lipinski definition) is 7.